The standard InChI is InChI=1S/C13H18N2O2S/c1-10(2)9-15-12(16)6-3-7-14-13(17)11-5-4-8-18-11/h4-5,8H,1,3,6-7,9H2,2H3,(H,14,17)(H,15,16). The van der Waals surface area contributed by atoms with Gasteiger partial charge in [0.1, 0.15) is 0 Å². The average molecular weight is 266 g/mol. The molecule has 0 unspecified atom stereocenters. The zero-order chi connectivity index (χ0) is 13.4. The van der Waals surface area contributed by atoms with Crippen LogP contribution in [0.2, 0.25) is 0 Å². The molecule has 98 valence electrons. The number of hydrogen-bond acceptors (Lipinski definition) is 3. The molecular weight excluding hydrogens is 248 g/mol. The Hall–Kier alpha value is -1.62. The third kappa shape index (κ3) is 5.63. The maximum atomic E-state index is 11.6. The van der Waals surface area contributed by atoms with Crippen molar-refractivity contribution in [2.24, 2.45) is 0 Å². The van der Waals surface area contributed by atoms with Crippen molar-refractivity contribution in [3.8, 4) is 0 Å². The quantitative estimate of drug-likeness (QED) is 0.585. The van der Waals surface area contributed by atoms with Crippen LogP contribution in [0.3, 0.4) is 0 Å². The zero-order valence-corrected chi connectivity index (χ0v) is 11.3. The van der Waals surface area contributed by atoms with E-state index in [-0.39, 0.29) is 11.8 Å². The Morgan fingerprint density at radius 1 is 1.39 bits per heavy atom. The fourth-order valence-corrected chi connectivity index (χ4v) is 1.92. The minimum absolute atomic E-state index is 0.0108. The molecule has 1 aromatic rings. The number of hydrogen-bond donors (Lipinski definition) is 2. The van der Waals surface area contributed by atoms with Gasteiger partial charge in [-0.15, -0.1) is 11.3 Å². The summed E-state index contributed by atoms with van der Waals surface area (Å²) in [6.07, 6.45) is 1.05. The first kappa shape index (κ1) is 14.4. The van der Waals surface area contributed by atoms with Crippen LogP contribution < -0.4 is 10.6 Å². The second-order valence-electron chi connectivity index (χ2n) is 4.07. The molecule has 0 saturated heterocycles. The van der Waals surface area contributed by atoms with Crippen LogP contribution in [-0.2, 0) is 4.79 Å². The van der Waals surface area contributed by atoms with Gasteiger partial charge >= 0.3 is 0 Å². The number of amides is 2. The van der Waals surface area contributed by atoms with Crippen LogP contribution >= 0.6 is 11.3 Å². The molecule has 18 heavy (non-hydrogen) atoms. The monoisotopic (exact) mass is 266 g/mol. The van der Waals surface area contributed by atoms with Gasteiger partial charge in [-0.3, -0.25) is 9.59 Å². The highest BCUT2D eigenvalue weighted by atomic mass is 32.1. The fraction of sp³-hybridized carbons (Fsp3) is 0.385. The van der Waals surface area contributed by atoms with Crippen LogP contribution in [0.25, 0.3) is 0 Å². The Bertz CT molecular complexity index is 413. The van der Waals surface area contributed by atoms with E-state index in [4.69, 9.17) is 0 Å². The summed E-state index contributed by atoms with van der Waals surface area (Å²) in [6.45, 7) is 6.59. The molecule has 1 aromatic heterocycles. The van der Waals surface area contributed by atoms with Gasteiger partial charge in [-0.2, -0.15) is 0 Å². The first-order valence-corrected chi connectivity index (χ1v) is 6.70. The highest BCUT2D eigenvalue weighted by Gasteiger charge is 2.05. The zero-order valence-electron chi connectivity index (χ0n) is 10.5. The molecule has 1 heterocycles. The van der Waals surface area contributed by atoms with E-state index in [0.29, 0.717) is 30.8 Å². The van der Waals surface area contributed by atoms with Gasteiger partial charge in [0.15, 0.2) is 0 Å². The lowest BCUT2D eigenvalue weighted by atomic mass is 10.2. The summed E-state index contributed by atoms with van der Waals surface area (Å²) in [6, 6.07) is 3.62. The van der Waals surface area contributed by atoms with Crippen LogP contribution in [-0.4, -0.2) is 24.9 Å². The molecule has 0 aliphatic rings. The van der Waals surface area contributed by atoms with E-state index in [1.54, 1.807) is 6.07 Å². The molecule has 0 aromatic carbocycles. The van der Waals surface area contributed by atoms with Crippen LogP contribution in [0, 0.1) is 0 Å². The molecule has 0 radical (unpaired) electrons. The number of carbonyl (C=O) groups is 2. The van der Waals surface area contributed by atoms with Crippen LogP contribution in [0.4, 0.5) is 0 Å². The fourth-order valence-electron chi connectivity index (χ4n) is 1.28. The van der Waals surface area contributed by atoms with Crippen molar-refractivity contribution < 1.29 is 9.59 Å². The summed E-state index contributed by atoms with van der Waals surface area (Å²) in [7, 11) is 0. The third-order valence-corrected chi connectivity index (χ3v) is 3.07. The normalized spacial score (nSPS) is 9.83. The predicted octanol–water partition coefficient (Wildman–Crippen LogP) is 1.95. The summed E-state index contributed by atoms with van der Waals surface area (Å²) >= 11 is 1.41. The van der Waals surface area contributed by atoms with E-state index in [0.717, 1.165) is 5.57 Å². The van der Waals surface area contributed by atoms with Crippen molar-refractivity contribution in [1.82, 2.24) is 10.6 Å². The van der Waals surface area contributed by atoms with Crippen LogP contribution in [0.15, 0.2) is 29.7 Å². The second kappa shape index (κ2) is 7.66. The molecule has 4 nitrogen and oxygen atoms in total. The highest BCUT2D eigenvalue weighted by molar-refractivity contribution is 7.12. The van der Waals surface area contributed by atoms with Gasteiger partial charge < -0.3 is 10.6 Å². The van der Waals surface area contributed by atoms with Gasteiger partial charge in [0.2, 0.25) is 5.91 Å². The SMILES string of the molecule is C=C(C)CNC(=O)CCCNC(=O)c1cccs1. The number of rotatable bonds is 7. The molecule has 2 amide bonds. The predicted molar refractivity (Wildman–Crippen MR) is 73.7 cm³/mol. The van der Waals surface area contributed by atoms with Crippen LogP contribution in [0.5, 0.6) is 0 Å². The summed E-state index contributed by atoms with van der Waals surface area (Å²) in [4.78, 5) is 23.6. The van der Waals surface area contributed by atoms with Crippen molar-refractivity contribution in [2.75, 3.05) is 13.1 Å². The van der Waals surface area contributed by atoms with Gasteiger partial charge in [0.25, 0.3) is 5.91 Å². The van der Waals surface area contributed by atoms with Gasteiger partial charge in [-0.1, -0.05) is 18.2 Å². The smallest absolute Gasteiger partial charge is 0.261 e. The molecular formula is C13H18N2O2S. The number of carbonyl (C=O) groups excluding carboxylic acids is 2. The van der Waals surface area contributed by atoms with Crippen molar-refractivity contribution in [2.45, 2.75) is 19.8 Å². The number of thiophene rings is 1. The second-order valence-corrected chi connectivity index (χ2v) is 5.02. The lowest BCUT2D eigenvalue weighted by Gasteiger charge is -2.05. The maximum Gasteiger partial charge on any atom is 0.261 e. The molecule has 0 saturated carbocycles. The first-order chi connectivity index (χ1) is 8.59. The molecule has 1 rings (SSSR count). The molecule has 0 bridgehead atoms. The molecule has 0 aliphatic carbocycles. The summed E-state index contributed by atoms with van der Waals surface area (Å²) in [5.74, 6) is -0.0873. The van der Waals surface area contributed by atoms with E-state index in [1.807, 2.05) is 18.4 Å². The largest absolute Gasteiger partial charge is 0.352 e. The minimum Gasteiger partial charge on any atom is -0.352 e. The van der Waals surface area contributed by atoms with Gasteiger partial charge in [0.05, 0.1) is 4.88 Å². The van der Waals surface area contributed by atoms with Crippen molar-refractivity contribution >= 4 is 23.2 Å². The third-order valence-electron chi connectivity index (χ3n) is 2.20. The molecule has 0 atom stereocenters. The van der Waals surface area contributed by atoms with E-state index in [9.17, 15) is 9.59 Å². The van der Waals surface area contributed by atoms with E-state index in [2.05, 4.69) is 17.2 Å². The van der Waals surface area contributed by atoms with E-state index in [1.165, 1.54) is 11.3 Å². The highest BCUT2D eigenvalue weighted by Crippen LogP contribution is 2.07. The molecule has 0 spiro atoms. The molecule has 0 fully saturated rings. The Balaban J connectivity index is 2.10. The lowest BCUT2D eigenvalue weighted by Crippen LogP contribution is -2.27. The maximum absolute atomic E-state index is 11.6. The minimum atomic E-state index is -0.0765. The summed E-state index contributed by atoms with van der Waals surface area (Å²) in [5.41, 5.74) is 0.925. The van der Waals surface area contributed by atoms with Crippen LogP contribution in [0.1, 0.15) is 29.4 Å². The van der Waals surface area contributed by atoms with Crippen molar-refractivity contribution in [3.05, 3.63) is 34.5 Å². The lowest BCUT2D eigenvalue weighted by molar-refractivity contribution is -0.121. The van der Waals surface area contributed by atoms with Crippen molar-refractivity contribution in [3.63, 3.8) is 0 Å². The van der Waals surface area contributed by atoms with Crippen molar-refractivity contribution in [1.29, 1.82) is 0 Å². The Labute approximate surface area is 111 Å². The average Bonchev–Trinajstić information content (AvgIpc) is 2.85. The Morgan fingerprint density at radius 2 is 2.17 bits per heavy atom. The number of nitrogens with one attached hydrogen (secondary N) is 2. The van der Waals surface area contributed by atoms with E-state index >= 15 is 0 Å². The van der Waals surface area contributed by atoms with Gasteiger partial charge in [0, 0.05) is 19.5 Å². The topological polar surface area (TPSA) is 58.2 Å². The first-order valence-electron chi connectivity index (χ1n) is 5.82. The summed E-state index contributed by atoms with van der Waals surface area (Å²) < 4.78 is 0. The van der Waals surface area contributed by atoms with E-state index < -0.39 is 0 Å². The molecule has 5 heteroatoms. The molecule has 0 aliphatic heterocycles. The Morgan fingerprint density at radius 3 is 2.78 bits per heavy atom. The van der Waals surface area contributed by atoms with Gasteiger partial charge in [-0.05, 0) is 24.8 Å². The molecule has 2 N–H and O–H groups in total. The summed E-state index contributed by atoms with van der Waals surface area (Å²) in [5, 5.41) is 7.39. The Kier molecular flexibility index (Phi) is 6.14. The van der Waals surface area contributed by atoms with Gasteiger partial charge in [-0.25, -0.2) is 0 Å².